The minimum atomic E-state index is -0.688. The minimum absolute atomic E-state index is 0.136. The number of nitrogens with two attached hydrogens (primary N) is 1. The van der Waals surface area contributed by atoms with Gasteiger partial charge in [-0.3, -0.25) is 28.6 Å². The lowest BCUT2D eigenvalue weighted by atomic mass is 9.87. The average Bonchev–Trinajstić information content (AvgIpc) is 3.12. The molecule has 29 heavy (non-hydrogen) atoms. The van der Waals surface area contributed by atoms with Gasteiger partial charge in [0.05, 0.1) is 29.8 Å². The molecule has 0 fully saturated rings. The highest BCUT2D eigenvalue weighted by Gasteiger charge is 2.26. The van der Waals surface area contributed by atoms with E-state index in [0.717, 1.165) is 0 Å². The van der Waals surface area contributed by atoms with Crippen molar-refractivity contribution in [1.29, 1.82) is 0 Å². The molecule has 2 aromatic heterocycles. The normalized spacial score (nSPS) is 12.2. The average molecular weight is 401 g/mol. The Balaban J connectivity index is 2.14. The van der Waals surface area contributed by atoms with Crippen molar-refractivity contribution in [2.75, 3.05) is 6.61 Å². The van der Waals surface area contributed by atoms with Crippen molar-refractivity contribution in [1.82, 2.24) is 19.3 Å². The van der Waals surface area contributed by atoms with E-state index < -0.39 is 23.4 Å². The SMILES string of the molecule is CCOC(=O)Cc1[nH][nH]c(=O)c1[C@H](CC(N)=O)c1ccc2c(c1)n(C)c(=O)n2C. The summed E-state index contributed by atoms with van der Waals surface area (Å²) in [5.74, 6) is -1.78. The zero-order chi connectivity index (χ0) is 21.3. The first-order chi connectivity index (χ1) is 13.7. The number of amides is 1. The van der Waals surface area contributed by atoms with Crippen LogP contribution in [0.1, 0.15) is 36.1 Å². The number of aromatic nitrogens is 4. The first-order valence-corrected chi connectivity index (χ1v) is 9.13. The molecule has 1 atom stereocenters. The predicted molar refractivity (Wildman–Crippen MR) is 106 cm³/mol. The molecule has 3 rings (SSSR count). The summed E-state index contributed by atoms with van der Waals surface area (Å²) in [5, 5.41) is 5.17. The van der Waals surface area contributed by atoms with Crippen LogP contribution >= 0.6 is 0 Å². The summed E-state index contributed by atoms with van der Waals surface area (Å²) in [6.07, 6.45) is -0.285. The first-order valence-electron chi connectivity index (χ1n) is 9.13. The number of hydrogen-bond acceptors (Lipinski definition) is 5. The zero-order valence-corrected chi connectivity index (χ0v) is 16.4. The summed E-state index contributed by atoms with van der Waals surface area (Å²) < 4.78 is 7.96. The van der Waals surface area contributed by atoms with Gasteiger partial charge in [-0.15, -0.1) is 0 Å². The first kappa shape index (κ1) is 20.2. The lowest BCUT2D eigenvalue weighted by molar-refractivity contribution is -0.142. The van der Waals surface area contributed by atoms with Gasteiger partial charge in [0.1, 0.15) is 0 Å². The van der Waals surface area contributed by atoms with Gasteiger partial charge in [-0.2, -0.15) is 0 Å². The van der Waals surface area contributed by atoms with Gasteiger partial charge in [0.2, 0.25) is 5.91 Å². The predicted octanol–water partition coefficient (Wildman–Crippen LogP) is 0.00630. The van der Waals surface area contributed by atoms with Crippen molar-refractivity contribution in [2.45, 2.75) is 25.7 Å². The van der Waals surface area contributed by atoms with Gasteiger partial charge >= 0.3 is 11.7 Å². The summed E-state index contributed by atoms with van der Waals surface area (Å²) in [7, 11) is 3.31. The number of primary amides is 1. The second-order valence-electron chi connectivity index (χ2n) is 6.82. The maximum absolute atomic E-state index is 12.5. The van der Waals surface area contributed by atoms with Crippen LogP contribution in [-0.4, -0.2) is 37.8 Å². The van der Waals surface area contributed by atoms with Gasteiger partial charge in [-0.25, -0.2) is 4.79 Å². The fraction of sp³-hybridized carbons (Fsp3) is 0.368. The van der Waals surface area contributed by atoms with E-state index in [4.69, 9.17) is 10.5 Å². The van der Waals surface area contributed by atoms with Crippen LogP contribution in [0.25, 0.3) is 11.0 Å². The summed E-state index contributed by atoms with van der Waals surface area (Å²) in [6.45, 7) is 1.90. The van der Waals surface area contributed by atoms with Crippen molar-refractivity contribution in [3.05, 3.63) is 55.9 Å². The zero-order valence-electron chi connectivity index (χ0n) is 16.4. The Hall–Kier alpha value is -3.56. The molecule has 0 aliphatic carbocycles. The van der Waals surface area contributed by atoms with Gasteiger partial charge in [0, 0.05) is 32.0 Å². The summed E-state index contributed by atoms with van der Waals surface area (Å²) >= 11 is 0. The van der Waals surface area contributed by atoms with Crippen molar-refractivity contribution < 1.29 is 14.3 Å². The van der Waals surface area contributed by atoms with Gasteiger partial charge in [-0.05, 0) is 24.6 Å². The summed E-state index contributed by atoms with van der Waals surface area (Å²) in [5.41, 5.74) is 7.40. The molecule has 0 saturated heterocycles. The van der Waals surface area contributed by atoms with Crippen LogP contribution in [0.5, 0.6) is 0 Å². The van der Waals surface area contributed by atoms with Crippen molar-refractivity contribution in [3.63, 3.8) is 0 Å². The molecule has 2 heterocycles. The molecule has 1 amide bonds. The number of benzene rings is 1. The Morgan fingerprint density at radius 1 is 1.14 bits per heavy atom. The standard InChI is InChI=1S/C19H23N5O5/c1-4-29-16(26)9-12-17(18(27)22-21-12)11(8-15(20)25)10-5-6-13-14(7-10)24(3)19(28)23(13)2/h5-7,11H,4,8-9H2,1-3H3,(H2,20,25)(H2,21,22,27)/t11-/m1/s1. The fourth-order valence-corrected chi connectivity index (χ4v) is 3.60. The third-order valence-electron chi connectivity index (χ3n) is 4.98. The molecule has 0 saturated carbocycles. The van der Waals surface area contributed by atoms with E-state index in [1.165, 1.54) is 9.13 Å². The summed E-state index contributed by atoms with van der Waals surface area (Å²) in [6, 6.07) is 5.26. The van der Waals surface area contributed by atoms with Gasteiger partial charge in [-0.1, -0.05) is 6.07 Å². The Bertz CT molecular complexity index is 1200. The van der Waals surface area contributed by atoms with E-state index in [1.54, 1.807) is 39.2 Å². The minimum Gasteiger partial charge on any atom is -0.466 e. The number of hydrogen-bond donors (Lipinski definition) is 3. The number of aryl methyl sites for hydroxylation is 2. The van der Waals surface area contributed by atoms with E-state index in [1.807, 2.05) is 0 Å². The number of carbonyl (C=O) groups excluding carboxylic acids is 2. The van der Waals surface area contributed by atoms with Crippen molar-refractivity contribution in [2.24, 2.45) is 19.8 Å². The highest BCUT2D eigenvalue weighted by molar-refractivity contribution is 5.79. The highest BCUT2D eigenvalue weighted by atomic mass is 16.5. The Morgan fingerprint density at radius 2 is 1.83 bits per heavy atom. The third-order valence-corrected chi connectivity index (χ3v) is 4.98. The van der Waals surface area contributed by atoms with Crippen LogP contribution in [0.2, 0.25) is 0 Å². The molecule has 0 aliphatic rings. The number of carbonyl (C=O) groups is 2. The second kappa shape index (κ2) is 7.82. The molecule has 0 unspecified atom stereocenters. The number of nitrogens with zero attached hydrogens (tertiary/aromatic N) is 2. The van der Waals surface area contributed by atoms with Gasteiger partial charge in [0.25, 0.3) is 5.56 Å². The van der Waals surface area contributed by atoms with E-state index in [-0.39, 0.29) is 30.7 Å². The molecule has 0 aliphatic heterocycles. The second-order valence-corrected chi connectivity index (χ2v) is 6.82. The van der Waals surface area contributed by atoms with Crippen LogP contribution in [0.4, 0.5) is 0 Å². The van der Waals surface area contributed by atoms with Crippen molar-refractivity contribution in [3.8, 4) is 0 Å². The Morgan fingerprint density at radius 3 is 2.48 bits per heavy atom. The van der Waals surface area contributed by atoms with E-state index >= 15 is 0 Å². The molecular weight excluding hydrogens is 378 g/mol. The lowest BCUT2D eigenvalue weighted by Gasteiger charge is -2.16. The quantitative estimate of drug-likeness (QED) is 0.477. The number of esters is 1. The molecular formula is C19H23N5O5. The third kappa shape index (κ3) is 3.73. The largest absolute Gasteiger partial charge is 0.466 e. The number of imidazole rings is 1. The monoisotopic (exact) mass is 401 g/mol. The molecule has 0 bridgehead atoms. The smallest absolute Gasteiger partial charge is 0.328 e. The molecule has 0 radical (unpaired) electrons. The van der Waals surface area contributed by atoms with E-state index in [2.05, 4.69) is 10.2 Å². The van der Waals surface area contributed by atoms with Crippen LogP contribution < -0.4 is 17.0 Å². The molecule has 3 aromatic rings. The van der Waals surface area contributed by atoms with Crippen molar-refractivity contribution >= 4 is 22.9 Å². The Kier molecular flexibility index (Phi) is 5.44. The van der Waals surface area contributed by atoms with E-state index in [9.17, 15) is 19.2 Å². The fourth-order valence-electron chi connectivity index (χ4n) is 3.60. The van der Waals surface area contributed by atoms with Crippen LogP contribution in [0.15, 0.2) is 27.8 Å². The number of nitrogens with one attached hydrogen (secondary N) is 2. The highest BCUT2D eigenvalue weighted by Crippen LogP contribution is 2.30. The number of ether oxygens (including phenoxy) is 1. The maximum Gasteiger partial charge on any atom is 0.328 e. The van der Waals surface area contributed by atoms with E-state index in [0.29, 0.717) is 22.3 Å². The molecule has 10 heteroatoms. The Labute approximate surface area is 165 Å². The van der Waals surface area contributed by atoms with Gasteiger partial charge < -0.3 is 15.6 Å². The number of fused-ring (bicyclic) bond motifs is 1. The maximum atomic E-state index is 12.5. The van der Waals surface area contributed by atoms with Crippen LogP contribution in [0, 0.1) is 0 Å². The van der Waals surface area contributed by atoms with Crippen LogP contribution in [-0.2, 0) is 34.8 Å². The molecule has 4 N–H and O–H groups in total. The molecule has 154 valence electrons. The molecule has 0 spiro atoms. The number of H-pyrrole nitrogens is 2. The lowest BCUT2D eigenvalue weighted by Crippen LogP contribution is -2.22. The number of aromatic amines is 2. The number of rotatable bonds is 7. The topological polar surface area (TPSA) is 145 Å². The summed E-state index contributed by atoms with van der Waals surface area (Å²) in [4.78, 5) is 48.4. The molecule has 1 aromatic carbocycles. The van der Waals surface area contributed by atoms with Gasteiger partial charge in [0.15, 0.2) is 0 Å². The van der Waals surface area contributed by atoms with Crippen LogP contribution in [0.3, 0.4) is 0 Å². The molecule has 10 nitrogen and oxygen atoms in total.